The molecule has 4 nitrogen and oxygen atoms in total. The summed E-state index contributed by atoms with van der Waals surface area (Å²) >= 11 is 0. The van der Waals surface area contributed by atoms with Crippen molar-refractivity contribution in [3.63, 3.8) is 0 Å². The number of ketones is 2. The van der Waals surface area contributed by atoms with Crippen LogP contribution in [0.4, 0.5) is 0 Å². The van der Waals surface area contributed by atoms with Gasteiger partial charge in [-0.3, -0.25) is 9.59 Å². The smallest absolute Gasteiger partial charge is 0.235 e. The van der Waals surface area contributed by atoms with Crippen LogP contribution in [-0.4, -0.2) is 17.7 Å². The Hall–Kier alpha value is -3.06. The van der Waals surface area contributed by atoms with E-state index in [1.807, 2.05) is 30.3 Å². The minimum absolute atomic E-state index is 0.323. The highest BCUT2D eigenvalue weighted by Crippen LogP contribution is 2.28. The maximum atomic E-state index is 12.3. The molecule has 1 atom stereocenters. The van der Waals surface area contributed by atoms with E-state index in [9.17, 15) is 9.59 Å². The average Bonchev–Trinajstić information content (AvgIpc) is 2.83. The average molecular weight is 306 g/mol. The van der Waals surface area contributed by atoms with Crippen LogP contribution in [0.2, 0.25) is 0 Å². The molecule has 1 aliphatic rings. The van der Waals surface area contributed by atoms with Crippen molar-refractivity contribution in [2.45, 2.75) is 19.6 Å². The molecule has 0 saturated heterocycles. The summed E-state index contributed by atoms with van der Waals surface area (Å²) in [5, 5.41) is 0. The Bertz CT molecular complexity index is 812. The zero-order chi connectivity index (χ0) is 16.2. The van der Waals surface area contributed by atoms with Crippen LogP contribution in [0.25, 0.3) is 0 Å². The first-order valence-corrected chi connectivity index (χ1v) is 7.17. The number of Topliss-reactive ketones (excluding diaryl/α,β-unsaturated/α-hetero) is 2. The van der Waals surface area contributed by atoms with E-state index in [1.165, 1.54) is 0 Å². The third-order valence-electron chi connectivity index (χ3n) is 3.53. The van der Waals surface area contributed by atoms with Crippen LogP contribution in [0, 0.1) is 12.0 Å². The third kappa shape index (κ3) is 2.95. The van der Waals surface area contributed by atoms with Gasteiger partial charge in [-0.1, -0.05) is 36.3 Å². The molecule has 0 aliphatic heterocycles. The number of benzene rings is 2. The highest BCUT2D eigenvalue weighted by atomic mass is 16.5. The summed E-state index contributed by atoms with van der Waals surface area (Å²) in [7, 11) is 0. The van der Waals surface area contributed by atoms with Crippen molar-refractivity contribution in [2.75, 3.05) is 0 Å². The van der Waals surface area contributed by atoms with E-state index in [1.54, 1.807) is 25.1 Å². The quantitative estimate of drug-likeness (QED) is 0.643. The highest BCUT2D eigenvalue weighted by Gasteiger charge is 2.40. The number of ether oxygens (including phenoxy) is 2. The number of hydrogen-bond donors (Lipinski definition) is 0. The molecule has 4 heteroatoms. The number of fused-ring (bicyclic) bond motifs is 1. The number of carbonyl (C=O) groups is 2. The summed E-state index contributed by atoms with van der Waals surface area (Å²) in [5.41, 5.74) is 1.70. The fourth-order valence-electron chi connectivity index (χ4n) is 2.40. The lowest BCUT2D eigenvalue weighted by Gasteiger charge is -2.07. The van der Waals surface area contributed by atoms with E-state index < -0.39 is 6.10 Å². The monoisotopic (exact) mass is 306 g/mol. The lowest BCUT2D eigenvalue weighted by Crippen LogP contribution is -2.23. The molecule has 0 radical (unpaired) electrons. The van der Waals surface area contributed by atoms with Gasteiger partial charge in [-0.2, -0.15) is 0 Å². The molecule has 0 amide bonds. The van der Waals surface area contributed by atoms with Gasteiger partial charge in [0.05, 0.1) is 0 Å². The Labute approximate surface area is 134 Å². The van der Waals surface area contributed by atoms with Crippen LogP contribution in [0.3, 0.4) is 0 Å². The Morgan fingerprint density at radius 3 is 2.48 bits per heavy atom. The Morgan fingerprint density at radius 1 is 1.00 bits per heavy atom. The van der Waals surface area contributed by atoms with Crippen molar-refractivity contribution in [1.82, 2.24) is 0 Å². The fraction of sp³-hybridized carbons (Fsp3) is 0.158. The molecule has 114 valence electrons. The van der Waals surface area contributed by atoms with Crippen molar-refractivity contribution in [3.8, 4) is 17.8 Å². The van der Waals surface area contributed by atoms with Crippen LogP contribution in [0.5, 0.6) is 5.75 Å². The van der Waals surface area contributed by atoms with Gasteiger partial charge in [-0.25, -0.2) is 0 Å². The van der Waals surface area contributed by atoms with Gasteiger partial charge in [0, 0.05) is 18.1 Å². The van der Waals surface area contributed by atoms with Gasteiger partial charge in [-0.15, -0.1) is 0 Å². The molecule has 23 heavy (non-hydrogen) atoms. The van der Waals surface area contributed by atoms with Crippen molar-refractivity contribution < 1.29 is 19.1 Å². The SMILES string of the molecule is CC#COC1C(=O)c2ccc(OCc3ccccc3)cc2C1=O. The molecule has 0 N–H and O–H groups in total. The van der Waals surface area contributed by atoms with E-state index in [2.05, 4.69) is 12.0 Å². The Morgan fingerprint density at radius 2 is 1.74 bits per heavy atom. The lowest BCUT2D eigenvalue weighted by molar-refractivity contribution is 0.0659. The fourth-order valence-corrected chi connectivity index (χ4v) is 2.40. The summed E-state index contributed by atoms with van der Waals surface area (Å²) in [5.74, 6) is 2.31. The van der Waals surface area contributed by atoms with Gasteiger partial charge in [-0.05, 0) is 23.8 Å². The molecule has 2 aromatic carbocycles. The van der Waals surface area contributed by atoms with Gasteiger partial charge >= 0.3 is 0 Å². The van der Waals surface area contributed by atoms with E-state index in [4.69, 9.17) is 9.47 Å². The maximum absolute atomic E-state index is 12.3. The summed E-state index contributed by atoms with van der Waals surface area (Å²) in [4.78, 5) is 24.4. The minimum Gasteiger partial charge on any atom is -0.489 e. The van der Waals surface area contributed by atoms with Crippen LogP contribution in [-0.2, 0) is 11.3 Å². The van der Waals surface area contributed by atoms with E-state index in [0.717, 1.165) is 5.56 Å². The van der Waals surface area contributed by atoms with E-state index in [0.29, 0.717) is 23.5 Å². The largest absolute Gasteiger partial charge is 0.489 e. The molecule has 0 heterocycles. The second-order valence-electron chi connectivity index (χ2n) is 5.06. The van der Waals surface area contributed by atoms with Gasteiger partial charge < -0.3 is 9.47 Å². The zero-order valence-electron chi connectivity index (χ0n) is 12.5. The predicted octanol–water partition coefficient (Wildman–Crippen LogP) is 3.01. The van der Waals surface area contributed by atoms with Crippen LogP contribution < -0.4 is 4.74 Å². The highest BCUT2D eigenvalue weighted by molar-refractivity contribution is 6.28. The summed E-state index contributed by atoms with van der Waals surface area (Å²) in [6, 6.07) is 14.6. The first-order valence-electron chi connectivity index (χ1n) is 7.17. The summed E-state index contributed by atoms with van der Waals surface area (Å²) in [6.07, 6.45) is 1.16. The molecule has 2 aromatic rings. The predicted molar refractivity (Wildman–Crippen MR) is 84.2 cm³/mol. The number of rotatable bonds is 4. The second-order valence-corrected chi connectivity index (χ2v) is 5.06. The second kappa shape index (κ2) is 6.37. The summed E-state index contributed by atoms with van der Waals surface area (Å²) in [6.45, 7) is 1.97. The first-order chi connectivity index (χ1) is 11.2. The molecule has 0 saturated carbocycles. The molecular weight excluding hydrogens is 292 g/mol. The molecule has 0 bridgehead atoms. The molecule has 0 spiro atoms. The van der Waals surface area contributed by atoms with Gasteiger partial charge in [0.1, 0.15) is 18.5 Å². The van der Waals surface area contributed by atoms with Crippen LogP contribution in [0.15, 0.2) is 48.5 Å². The van der Waals surface area contributed by atoms with Crippen molar-refractivity contribution >= 4 is 11.6 Å². The first kappa shape index (κ1) is 14.9. The molecule has 1 aliphatic carbocycles. The van der Waals surface area contributed by atoms with Crippen molar-refractivity contribution in [3.05, 3.63) is 65.2 Å². The molecular formula is C19H14O4. The van der Waals surface area contributed by atoms with Crippen molar-refractivity contribution in [2.24, 2.45) is 0 Å². The van der Waals surface area contributed by atoms with E-state index >= 15 is 0 Å². The van der Waals surface area contributed by atoms with Gasteiger partial charge in [0.15, 0.2) is 0 Å². The molecule has 3 rings (SSSR count). The molecule has 0 fully saturated rings. The zero-order valence-corrected chi connectivity index (χ0v) is 12.5. The number of carbonyl (C=O) groups excluding carboxylic acids is 2. The van der Waals surface area contributed by atoms with E-state index in [-0.39, 0.29) is 11.6 Å². The summed E-state index contributed by atoms with van der Waals surface area (Å²) < 4.78 is 10.7. The van der Waals surface area contributed by atoms with Crippen LogP contribution in [0.1, 0.15) is 33.2 Å². The topological polar surface area (TPSA) is 52.6 Å². The normalized spacial score (nSPS) is 15.6. The number of hydrogen-bond acceptors (Lipinski definition) is 4. The van der Waals surface area contributed by atoms with Crippen LogP contribution >= 0.6 is 0 Å². The maximum Gasteiger partial charge on any atom is 0.235 e. The Kier molecular flexibility index (Phi) is 4.11. The Balaban J connectivity index is 1.78. The van der Waals surface area contributed by atoms with Gasteiger partial charge in [0.25, 0.3) is 0 Å². The lowest BCUT2D eigenvalue weighted by atomic mass is 10.1. The molecule has 0 aromatic heterocycles. The van der Waals surface area contributed by atoms with Crippen molar-refractivity contribution in [1.29, 1.82) is 0 Å². The molecule has 1 unspecified atom stereocenters. The third-order valence-corrected chi connectivity index (χ3v) is 3.53. The standard InChI is InChI=1S/C19H14O4/c1-2-10-22-19-17(20)15-9-8-14(11-16(15)18(19)21)23-12-13-6-4-3-5-7-13/h3-9,11,19H,12H2,1H3. The van der Waals surface area contributed by atoms with Gasteiger partial charge in [0.2, 0.25) is 17.7 Å². The minimum atomic E-state index is -1.16.